The van der Waals surface area contributed by atoms with Gasteiger partial charge < -0.3 is 4.42 Å². The number of hydrogen-bond acceptors (Lipinski definition) is 1. The molecule has 0 radical (unpaired) electrons. The molecule has 0 aliphatic carbocycles. The van der Waals surface area contributed by atoms with Crippen molar-refractivity contribution in [3.63, 3.8) is 0 Å². The fraction of sp³-hybridized carbons (Fsp3) is 0. The molecule has 0 bridgehead atoms. The maximum atomic E-state index is 5.99. The lowest BCUT2D eigenvalue weighted by Gasteiger charge is -2.02. The molecule has 2 rings (SSSR count). The second-order valence-corrected chi connectivity index (χ2v) is 3.95. The van der Waals surface area contributed by atoms with Crippen molar-refractivity contribution >= 4 is 34.8 Å². The van der Waals surface area contributed by atoms with Crippen molar-refractivity contribution in [3.8, 4) is 11.3 Å². The molecule has 1 heterocycles. The van der Waals surface area contributed by atoms with Crippen molar-refractivity contribution in [2.45, 2.75) is 0 Å². The number of benzene rings is 1. The van der Waals surface area contributed by atoms with Gasteiger partial charge in [-0.05, 0) is 24.3 Å². The molecule has 1 nitrogen and oxygen atoms in total. The quantitative estimate of drug-likeness (QED) is 0.653. The minimum atomic E-state index is 0.437. The summed E-state index contributed by atoms with van der Waals surface area (Å²) < 4.78 is 5.21. The zero-order valence-electron chi connectivity index (χ0n) is 6.93. The average molecular weight is 248 g/mol. The van der Waals surface area contributed by atoms with Crippen molar-refractivity contribution in [2.75, 3.05) is 0 Å². The third-order valence-electron chi connectivity index (χ3n) is 1.80. The molecule has 0 saturated carbocycles. The van der Waals surface area contributed by atoms with Crippen LogP contribution in [0.5, 0.6) is 0 Å². The number of rotatable bonds is 1. The number of halogens is 3. The van der Waals surface area contributed by atoms with E-state index in [4.69, 9.17) is 39.2 Å². The summed E-state index contributed by atoms with van der Waals surface area (Å²) in [7, 11) is 0. The van der Waals surface area contributed by atoms with Crippen molar-refractivity contribution < 1.29 is 4.42 Å². The van der Waals surface area contributed by atoms with E-state index in [-0.39, 0.29) is 0 Å². The van der Waals surface area contributed by atoms with E-state index in [0.29, 0.717) is 20.8 Å². The van der Waals surface area contributed by atoms with Crippen LogP contribution in [0.2, 0.25) is 15.1 Å². The van der Waals surface area contributed by atoms with Crippen molar-refractivity contribution in [3.05, 3.63) is 45.6 Å². The van der Waals surface area contributed by atoms with Gasteiger partial charge in [0.1, 0.15) is 5.76 Å². The molecule has 14 heavy (non-hydrogen) atoms. The van der Waals surface area contributed by atoms with Gasteiger partial charge in [-0.2, -0.15) is 0 Å². The molecule has 72 valence electrons. The van der Waals surface area contributed by atoms with Crippen LogP contribution >= 0.6 is 34.8 Å². The van der Waals surface area contributed by atoms with E-state index in [1.807, 2.05) is 6.07 Å². The van der Waals surface area contributed by atoms with E-state index in [2.05, 4.69) is 0 Å². The lowest BCUT2D eigenvalue weighted by molar-refractivity contribution is 0.582. The summed E-state index contributed by atoms with van der Waals surface area (Å²) in [5.74, 6) is 0.675. The minimum absolute atomic E-state index is 0.437. The Morgan fingerprint density at radius 2 is 1.64 bits per heavy atom. The number of furan rings is 1. The Labute approximate surface area is 96.2 Å². The average Bonchev–Trinajstić information content (AvgIpc) is 2.64. The second kappa shape index (κ2) is 3.85. The van der Waals surface area contributed by atoms with Gasteiger partial charge in [0.15, 0.2) is 0 Å². The molecule has 4 heteroatoms. The summed E-state index contributed by atoms with van der Waals surface area (Å²) in [6, 6.07) is 6.88. The molecule has 0 unspecified atom stereocenters. The monoisotopic (exact) mass is 246 g/mol. The van der Waals surface area contributed by atoms with Gasteiger partial charge in [-0.15, -0.1) is 0 Å². The van der Waals surface area contributed by atoms with E-state index in [9.17, 15) is 0 Å². The Morgan fingerprint density at radius 1 is 0.929 bits per heavy atom. The maximum Gasteiger partial charge on any atom is 0.135 e. The predicted molar refractivity (Wildman–Crippen MR) is 59.2 cm³/mol. The lowest BCUT2D eigenvalue weighted by Crippen LogP contribution is -1.78. The van der Waals surface area contributed by atoms with Crippen LogP contribution < -0.4 is 0 Å². The number of hydrogen-bond donors (Lipinski definition) is 0. The lowest BCUT2D eigenvalue weighted by atomic mass is 10.2. The predicted octanol–water partition coefficient (Wildman–Crippen LogP) is 4.91. The molecular formula is C10H5Cl3O. The first-order valence-corrected chi connectivity index (χ1v) is 5.00. The van der Waals surface area contributed by atoms with Crippen LogP contribution in [0.1, 0.15) is 0 Å². The van der Waals surface area contributed by atoms with Crippen LogP contribution in [-0.2, 0) is 0 Å². The van der Waals surface area contributed by atoms with Crippen molar-refractivity contribution in [2.24, 2.45) is 0 Å². The molecule has 2 aromatic rings. The van der Waals surface area contributed by atoms with Gasteiger partial charge in [0.25, 0.3) is 0 Å². The van der Waals surface area contributed by atoms with Gasteiger partial charge in [0, 0.05) is 5.56 Å². The highest BCUT2D eigenvalue weighted by Crippen LogP contribution is 2.35. The zero-order chi connectivity index (χ0) is 10.1. The molecule has 0 N–H and O–H groups in total. The van der Waals surface area contributed by atoms with Gasteiger partial charge in [-0.3, -0.25) is 0 Å². The van der Waals surface area contributed by atoms with E-state index < -0.39 is 0 Å². The van der Waals surface area contributed by atoms with E-state index >= 15 is 0 Å². The molecule has 0 aliphatic heterocycles. The SMILES string of the molecule is Clc1cc(Cl)c(-c2ccco2)cc1Cl. The first-order chi connectivity index (χ1) is 6.68. The highest BCUT2D eigenvalue weighted by atomic mass is 35.5. The van der Waals surface area contributed by atoms with Gasteiger partial charge in [-0.1, -0.05) is 34.8 Å². The Morgan fingerprint density at radius 3 is 2.29 bits per heavy atom. The Hall–Kier alpha value is -0.630. The van der Waals surface area contributed by atoms with Gasteiger partial charge >= 0.3 is 0 Å². The molecular weight excluding hydrogens is 242 g/mol. The largest absolute Gasteiger partial charge is 0.464 e. The molecule has 1 aromatic carbocycles. The minimum Gasteiger partial charge on any atom is -0.464 e. The Bertz CT molecular complexity index is 449. The van der Waals surface area contributed by atoms with E-state index in [0.717, 1.165) is 5.56 Å². The van der Waals surface area contributed by atoms with Gasteiger partial charge in [0.05, 0.1) is 21.3 Å². The first kappa shape index (κ1) is 9.91. The highest BCUT2D eigenvalue weighted by molar-refractivity contribution is 6.44. The molecule has 0 spiro atoms. The molecule has 0 fully saturated rings. The van der Waals surface area contributed by atoms with Gasteiger partial charge in [-0.25, -0.2) is 0 Å². The summed E-state index contributed by atoms with van der Waals surface area (Å²) in [5.41, 5.74) is 0.742. The standard InChI is InChI=1S/C10H5Cl3O/c11-7-5-9(13)8(12)4-6(7)10-2-1-3-14-10/h1-5H. The van der Waals surface area contributed by atoms with Crippen LogP contribution in [0.4, 0.5) is 0 Å². The van der Waals surface area contributed by atoms with E-state index in [1.54, 1.807) is 24.5 Å². The third kappa shape index (κ3) is 1.76. The Balaban J connectivity index is 2.60. The fourth-order valence-corrected chi connectivity index (χ4v) is 1.78. The summed E-state index contributed by atoms with van der Waals surface area (Å²) in [6.07, 6.45) is 1.58. The van der Waals surface area contributed by atoms with Crippen molar-refractivity contribution in [1.29, 1.82) is 0 Å². The topological polar surface area (TPSA) is 13.1 Å². The maximum absolute atomic E-state index is 5.99. The molecule has 0 aliphatic rings. The highest BCUT2D eigenvalue weighted by Gasteiger charge is 2.09. The van der Waals surface area contributed by atoms with Crippen LogP contribution in [0, 0.1) is 0 Å². The summed E-state index contributed by atoms with van der Waals surface area (Å²) >= 11 is 17.7. The summed E-state index contributed by atoms with van der Waals surface area (Å²) in [6.45, 7) is 0. The molecule has 0 amide bonds. The normalized spacial score (nSPS) is 10.5. The molecule has 0 atom stereocenters. The zero-order valence-corrected chi connectivity index (χ0v) is 9.20. The van der Waals surface area contributed by atoms with Crippen LogP contribution in [0.15, 0.2) is 34.9 Å². The molecule has 0 saturated heterocycles. The van der Waals surface area contributed by atoms with Gasteiger partial charge in [0.2, 0.25) is 0 Å². The summed E-state index contributed by atoms with van der Waals surface area (Å²) in [4.78, 5) is 0. The Kier molecular flexibility index (Phi) is 2.73. The third-order valence-corrected chi connectivity index (χ3v) is 2.83. The van der Waals surface area contributed by atoms with Crippen LogP contribution in [0.25, 0.3) is 11.3 Å². The first-order valence-electron chi connectivity index (χ1n) is 3.87. The molecule has 1 aromatic heterocycles. The summed E-state index contributed by atoms with van der Waals surface area (Å²) in [5, 5.41) is 1.42. The second-order valence-electron chi connectivity index (χ2n) is 2.72. The van der Waals surface area contributed by atoms with Crippen molar-refractivity contribution in [1.82, 2.24) is 0 Å². The fourth-order valence-electron chi connectivity index (χ4n) is 1.14. The smallest absolute Gasteiger partial charge is 0.135 e. The van der Waals surface area contributed by atoms with Crippen LogP contribution in [-0.4, -0.2) is 0 Å². The van der Waals surface area contributed by atoms with Crippen LogP contribution in [0.3, 0.4) is 0 Å². The van der Waals surface area contributed by atoms with E-state index in [1.165, 1.54) is 0 Å².